The van der Waals surface area contributed by atoms with Crippen LogP contribution in [0.15, 0.2) is 9.59 Å². The quantitative estimate of drug-likeness (QED) is 0.687. The van der Waals surface area contributed by atoms with Crippen molar-refractivity contribution in [2.24, 2.45) is 5.92 Å². The highest BCUT2D eigenvalue weighted by atomic mass is 16.2. The first kappa shape index (κ1) is 11.8. The van der Waals surface area contributed by atoms with Crippen LogP contribution >= 0.6 is 0 Å². The van der Waals surface area contributed by atoms with E-state index < -0.39 is 11.2 Å². The summed E-state index contributed by atoms with van der Waals surface area (Å²) < 4.78 is 1.38. The maximum atomic E-state index is 11.7. The van der Waals surface area contributed by atoms with E-state index in [0.717, 1.165) is 12.8 Å². The van der Waals surface area contributed by atoms with Crippen molar-refractivity contribution in [3.63, 3.8) is 0 Å². The van der Waals surface area contributed by atoms with E-state index in [1.807, 2.05) is 0 Å². The van der Waals surface area contributed by atoms with Crippen LogP contribution in [0.5, 0.6) is 0 Å². The average Bonchev–Trinajstić information content (AvgIpc) is 2.33. The molecule has 1 heterocycles. The normalized spacial score (nSPS) is 17.2. The van der Waals surface area contributed by atoms with E-state index in [1.165, 1.54) is 23.8 Å². The lowest BCUT2D eigenvalue weighted by Gasteiger charge is -2.23. The highest BCUT2D eigenvalue weighted by Crippen LogP contribution is 2.25. The van der Waals surface area contributed by atoms with Gasteiger partial charge in [-0.05, 0) is 18.8 Å². The van der Waals surface area contributed by atoms with Gasteiger partial charge < -0.3 is 11.5 Å². The van der Waals surface area contributed by atoms with Gasteiger partial charge in [0.15, 0.2) is 0 Å². The van der Waals surface area contributed by atoms with Crippen molar-refractivity contribution in [2.45, 2.75) is 38.6 Å². The monoisotopic (exact) mass is 238 g/mol. The van der Waals surface area contributed by atoms with Crippen molar-refractivity contribution in [3.05, 3.63) is 20.8 Å². The zero-order chi connectivity index (χ0) is 12.4. The van der Waals surface area contributed by atoms with Crippen molar-refractivity contribution < 1.29 is 0 Å². The van der Waals surface area contributed by atoms with Crippen LogP contribution in [0.3, 0.4) is 0 Å². The highest BCUT2D eigenvalue weighted by molar-refractivity contribution is 5.56. The van der Waals surface area contributed by atoms with E-state index in [9.17, 15) is 9.59 Å². The van der Waals surface area contributed by atoms with Crippen LogP contribution in [0.1, 0.15) is 32.1 Å². The number of anilines is 2. The second-order valence-electron chi connectivity index (χ2n) is 4.67. The van der Waals surface area contributed by atoms with E-state index in [1.54, 1.807) is 0 Å². The molecular formula is C11H18N4O2. The average molecular weight is 238 g/mol. The molecule has 0 radical (unpaired) electrons. The molecule has 1 saturated carbocycles. The Morgan fingerprint density at radius 1 is 1.18 bits per heavy atom. The molecular weight excluding hydrogens is 220 g/mol. The topological polar surface area (TPSA) is 107 Å². The lowest BCUT2D eigenvalue weighted by molar-refractivity contribution is 0.316. The molecule has 0 atom stereocenters. The molecule has 17 heavy (non-hydrogen) atoms. The van der Waals surface area contributed by atoms with Crippen LogP contribution in [0.2, 0.25) is 0 Å². The Morgan fingerprint density at radius 2 is 1.82 bits per heavy atom. The zero-order valence-electron chi connectivity index (χ0n) is 9.74. The summed E-state index contributed by atoms with van der Waals surface area (Å²) in [6.07, 6.45) is 5.85. The number of nitrogens with one attached hydrogen (secondary N) is 1. The van der Waals surface area contributed by atoms with Crippen molar-refractivity contribution in [1.29, 1.82) is 0 Å². The van der Waals surface area contributed by atoms with Gasteiger partial charge >= 0.3 is 5.69 Å². The summed E-state index contributed by atoms with van der Waals surface area (Å²) in [5, 5.41) is 0. The fourth-order valence-electron chi connectivity index (χ4n) is 2.41. The van der Waals surface area contributed by atoms with Crippen LogP contribution < -0.4 is 22.7 Å². The van der Waals surface area contributed by atoms with Gasteiger partial charge in [-0.2, -0.15) is 0 Å². The van der Waals surface area contributed by atoms with E-state index >= 15 is 0 Å². The van der Waals surface area contributed by atoms with Crippen molar-refractivity contribution in [2.75, 3.05) is 11.5 Å². The van der Waals surface area contributed by atoms with Crippen LogP contribution in [0.4, 0.5) is 11.5 Å². The van der Waals surface area contributed by atoms with Gasteiger partial charge in [0.25, 0.3) is 5.56 Å². The summed E-state index contributed by atoms with van der Waals surface area (Å²) in [7, 11) is 0. The lowest BCUT2D eigenvalue weighted by atomic mass is 9.89. The third kappa shape index (κ3) is 2.35. The second kappa shape index (κ2) is 4.65. The fourth-order valence-corrected chi connectivity index (χ4v) is 2.41. The van der Waals surface area contributed by atoms with E-state index in [2.05, 4.69) is 4.98 Å². The van der Waals surface area contributed by atoms with E-state index in [-0.39, 0.29) is 11.5 Å². The Balaban J connectivity index is 2.29. The van der Waals surface area contributed by atoms with Crippen molar-refractivity contribution in [3.8, 4) is 0 Å². The first-order valence-electron chi connectivity index (χ1n) is 5.97. The van der Waals surface area contributed by atoms with Gasteiger partial charge in [0, 0.05) is 6.54 Å². The minimum absolute atomic E-state index is 0.0691. The number of rotatable bonds is 2. The first-order chi connectivity index (χ1) is 8.09. The maximum Gasteiger partial charge on any atom is 0.330 e. The van der Waals surface area contributed by atoms with Gasteiger partial charge in [-0.15, -0.1) is 0 Å². The zero-order valence-corrected chi connectivity index (χ0v) is 9.74. The maximum absolute atomic E-state index is 11.7. The van der Waals surface area contributed by atoms with Crippen LogP contribution in [-0.4, -0.2) is 9.55 Å². The predicted molar refractivity (Wildman–Crippen MR) is 66.7 cm³/mol. The number of nitrogen functional groups attached to an aromatic ring is 2. The van der Waals surface area contributed by atoms with Gasteiger partial charge in [0.05, 0.1) is 0 Å². The summed E-state index contributed by atoms with van der Waals surface area (Å²) in [5.74, 6) is 0.540. The van der Waals surface area contributed by atoms with Crippen LogP contribution in [-0.2, 0) is 6.54 Å². The van der Waals surface area contributed by atoms with Gasteiger partial charge in [0.1, 0.15) is 11.5 Å². The molecule has 0 unspecified atom stereocenters. The first-order valence-corrected chi connectivity index (χ1v) is 5.97. The standard InChI is InChI=1S/C11H18N4O2/c12-8-9(13)15(11(17)14-10(8)16)6-7-4-2-1-3-5-7/h7H,1-6,12-13H2,(H,14,16,17). The third-order valence-electron chi connectivity index (χ3n) is 3.44. The highest BCUT2D eigenvalue weighted by Gasteiger charge is 2.17. The van der Waals surface area contributed by atoms with Gasteiger partial charge in [-0.3, -0.25) is 14.3 Å². The van der Waals surface area contributed by atoms with E-state index in [0.29, 0.717) is 12.5 Å². The molecule has 0 saturated heterocycles. The molecule has 0 aliphatic heterocycles. The van der Waals surface area contributed by atoms with Crippen LogP contribution in [0, 0.1) is 5.92 Å². The third-order valence-corrected chi connectivity index (χ3v) is 3.44. The molecule has 1 fully saturated rings. The molecule has 1 aliphatic rings. The van der Waals surface area contributed by atoms with Gasteiger partial charge in [0.2, 0.25) is 0 Å². The molecule has 94 valence electrons. The predicted octanol–water partition coefficient (Wildman–Crippen LogP) is 0.281. The fraction of sp³-hybridized carbons (Fsp3) is 0.636. The Labute approximate surface area is 98.6 Å². The molecule has 1 aromatic heterocycles. The Hall–Kier alpha value is -1.72. The molecule has 6 nitrogen and oxygen atoms in total. The smallest absolute Gasteiger partial charge is 0.330 e. The molecule has 0 amide bonds. The molecule has 6 heteroatoms. The van der Waals surface area contributed by atoms with Gasteiger partial charge in [-0.25, -0.2) is 4.79 Å². The number of nitrogens with zero attached hydrogens (tertiary/aromatic N) is 1. The van der Waals surface area contributed by atoms with Crippen molar-refractivity contribution >= 4 is 11.5 Å². The van der Waals surface area contributed by atoms with Crippen molar-refractivity contribution in [1.82, 2.24) is 9.55 Å². The molecule has 0 spiro atoms. The molecule has 1 aliphatic carbocycles. The molecule has 1 aromatic rings. The van der Waals surface area contributed by atoms with Crippen LogP contribution in [0.25, 0.3) is 0 Å². The Kier molecular flexibility index (Phi) is 3.21. The number of hydrogen-bond donors (Lipinski definition) is 3. The molecule has 2 rings (SSSR count). The SMILES string of the molecule is Nc1c(N)n(CC2CCCCC2)c(=O)[nH]c1=O. The second-order valence-corrected chi connectivity index (χ2v) is 4.67. The summed E-state index contributed by atoms with van der Waals surface area (Å²) in [6, 6.07) is 0. The Morgan fingerprint density at radius 3 is 2.47 bits per heavy atom. The molecule has 0 bridgehead atoms. The van der Waals surface area contributed by atoms with E-state index in [4.69, 9.17) is 11.5 Å². The largest absolute Gasteiger partial charge is 0.391 e. The number of aromatic amines is 1. The molecule has 5 N–H and O–H groups in total. The number of H-pyrrole nitrogens is 1. The summed E-state index contributed by atoms with van der Waals surface area (Å²) in [4.78, 5) is 25.1. The minimum Gasteiger partial charge on any atom is -0.391 e. The minimum atomic E-state index is -0.604. The lowest BCUT2D eigenvalue weighted by Crippen LogP contribution is -2.35. The number of hydrogen-bond acceptors (Lipinski definition) is 4. The number of aromatic nitrogens is 2. The summed E-state index contributed by atoms with van der Waals surface area (Å²) >= 11 is 0. The summed E-state index contributed by atoms with van der Waals surface area (Å²) in [5.41, 5.74) is 10.1. The Bertz CT molecular complexity index is 511. The number of nitrogens with two attached hydrogens (primary N) is 2. The summed E-state index contributed by atoms with van der Waals surface area (Å²) in [6.45, 7) is 0.547. The molecule has 0 aromatic carbocycles. The van der Waals surface area contributed by atoms with Gasteiger partial charge in [-0.1, -0.05) is 19.3 Å².